The second-order valence-corrected chi connectivity index (χ2v) is 4.90. The second-order valence-electron chi connectivity index (χ2n) is 4.90. The highest BCUT2D eigenvalue weighted by atomic mass is 19.1. The molecular formula is C15H20FN3. The Hall–Kier alpha value is -1.68. The fourth-order valence-electron chi connectivity index (χ4n) is 2.50. The topological polar surface area (TPSA) is 29.9 Å². The van der Waals surface area contributed by atoms with Gasteiger partial charge in [0, 0.05) is 12.6 Å². The zero-order valence-corrected chi connectivity index (χ0v) is 11.9. The number of hydrogen-bond acceptors (Lipinski definition) is 2. The molecule has 0 aliphatic rings. The van der Waals surface area contributed by atoms with E-state index in [2.05, 4.69) is 10.3 Å². The smallest absolute Gasteiger partial charge is 0.128 e. The lowest BCUT2D eigenvalue weighted by molar-refractivity contribution is 0.538. The molecular weight excluding hydrogens is 241 g/mol. The van der Waals surface area contributed by atoms with Crippen molar-refractivity contribution in [1.82, 2.24) is 14.9 Å². The fourth-order valence-corrected chi connectivity index (χ4v) is 2.50. The van der Waals surface area contributed by atoms with Crippen molar-refractivity contribution in [2.24, 2.45) is 7.05 Å². The average Bonchev–Trinajstić information content (AvgIpc) is 2.73. The maximum absolute atomic E-state index is 14.3. The van der Waals surface area contributed by atoms with Crippen molar-refractivity contribution < 1.29 is 4.39 Å². The summed E-state index contributed by atoms with van der Waals surface area (Å²) in [5, 5.41) is 3.34. The number of nitrogens with zero attached hydrogens (tertiary/aromatic N) is 2. The van der Waals surface area contributed by atoms with Crippen molar-refractivity contribution in [1.29, 1.82) is 0 Å². The Balaban J connectivity index is 2.54. The molecule has 2 aromatic rings. The molecule has 0 aliphatic carbocycles. The molecule has 1 unspecified atom stereocenters. The number of rotatable bonds is 4. The van der Waals surface area contributed by atoms with Gasteiger partial charge in [-0.3, -0.25) is 0 Å². The Kier molecular flexibility index (Phi) is 4.00. The summed E-state index contributed by atoms with van der Waals surface area (Å²) in [7, 11) is 1.92. The van der Waals surface area contributed by atoms with Crippen molar-refractivity contribution in [3.8, 4) is 0 Å². The van der Waals surface area contributed by atoms with Crippen LogP contribution in [0.15, 0.2) is 24.7 Å². The first kappa shape index (κ1) is 13.7. The van der Waals surface area contributed by atoms with Crippen molar-refractivity contribution in [2.75, 3.05) is 6.54 Å². The van der Waals surface area contributed by atoms with Crippen LogP contribution in [0.25, 0.3) is 0 Å². The number of aryl methyl sites for hydroxylation is 3. The van der Waals surface area contributed by atoms with E-state index in [1.807, 2.05) is 38.5 Å². The van der Waals surface area contributed by atoms with Crippen molar-refractivity contribution in [2.45, 2.75) is 26.8 Å². The highest BCUT2D eigenvalue weighted by Crippen LogP contribution is 2.27. The Morgan fingerprint density at radius 3 is 2.63 bits per heavy atom. The predicted molar refractivity (Wildman–Crippen MR) is 74.6 cm³/mol. The van der Waals surface area contributed by atoms with E-state index in [9.17, 15) is 4.39 Å². The quantitative estimate of drug-likeness (QED) is 0.917. The maximum Gasteiger partial charge on any atom is 0.128 e. The van der Waals surface area contributed by atoms with E-state index in [1.165, 1.54) is 0 Å². The van der Waals surface area contributed by atoms with E-state index < -0.39 is 0 Å². The van der Waals surface area contributed by atoms with E-state index >= 15 is 0 Å². The number of halogens is 1. The third-order valence-electron chi connectivity index (χ3n) is 3.33. The van der Waals surface area contributed by atoms with E-state index in [-0.39, 0.29) is 11.9 Å². The summed E-state index contributed by atoms with van der Waals surface area (Å²) in [6, 6.07) is 3.43. The van der Waals surface area contributed by atoms with Crippen LogP contribution in [0.3, 0.4) is 0 Å². The van der Waals surface area contributed by atoms with Gasteiger partial charge in [-0.25, -0.2) is 9.37 Å². The van der Waals surface area contributed by atoms with Crippen LogP contribution in [-0.2, 0) is 7.05 Å². The van der Waals surface area contributed by atoms with Gasteiger partial charge in [0.2, 0.25) is 0 Å². The third-order valence-corrected chi connectivity index (χ3v) is 3.33. The van der Waals surface area contributed by atoms with Gasteiger partial charge in [0.15, 0.2) is 0 Å². The summed E-state index contributed by atoms with van der Waals surface area (Å²) in [5.74, 6) is -0.162. The Morgan fingerprint density at radius 1 is 1.37 bits per heavy atom. The first-order valence-corrected chi connectivity index (χ1v) is 6.50. The van der Waals surface area contributed by atoms with E-state index in [4.69, 9.17) is 0 Å². The number of benzene rings is 1. The van der Waals surface area contributed by atoms with Crippen molar-refractivity contribution in [3.05, 3.63) is 52.9 Å². The highest BCUT2D eigenvalue weighted by Gasteiger charge is 2.21. The van der Waals surface area contributed by atoms with Crippen molar-refractivity contribution in [3.63, 3.8) is 0 Å². The summed E-state index contributed by atoms with van der Waals surface area (Å²) in [5.41, 5.74) is 3.58. The largest absolute Gasteiger partial charge is 0.336 e. The molecule has 102 valence electrons. The van der Waals surface area contributed by atoms with Crippen LogP contribution in [0.5, 0.6) is 0 Å². The van der Waals surface area contributed by atoms with E-state index in [1.54, 1.807) is 18.6 Å². The van der Waals surface area contributed by atoms with Gasteiger partial charge >= 0.3 is 0 Å². The van der Waals surface area contributed by atoms with Crippen LogP contribution in [-0.4, -0.2) is 16.1 Å². The maximum atomic E-state index is 14.3. The summed E-state index contributed by atoms with van der Waals surface area (Å²) in [4.78, 5) is 4.13. The van der Waals surface area contributed by atoms with Gasteiger partial charge in [-0.05, 0) is 37.6 Å². The molecule has 0 saturated heterocycles. The van der Waals surface area contributed by atoms with Gasteiger partial charge in [0.25, 0.3) is 0 Å². The van der Waals surface area contributed by atoms with Gasteiger partial charge in [0.1, 0.15) is 5.82 Å². The van der Waals surface area contributed by atoms with Gasteiger partial charge in [-0.15, -0.1) is 0 Å². The fraction of sp³-hybridized carbons (Fsp3) is 0.400. The standard InChI is InChI=1S/C15H20FN3/c1-5-18-15(13-8-17-9-19(13)4)14-11(3)6-10(2)7-12(14)16/h6-9,15,18H,5H2,1-4H3. The highest BCUT2D eigenvalue weighted by molar-refractivity contribution is 5.38. The SMILES string of the molecule is CCNC(c1c(C)cc(C)cc1F)c1cncn1C. The van der Waals surface area contributed by atoms with Crippen molar-refractivity contribution >= 4 is 0 Å². The number of imidazole rings is 1. The zero-order valence-electron chi connectivity index (χ0n) is 11.9. The Bertz CT molecular complexity index is 552. The van der Waals surface area contributed by atoms with Gasteiger partial charge in [0.05, 0.1) is 24.3 Å². The summed E-state index contributed by atoms with van der Waals surface area (Å²) < 4.78 is 16.3. The minimum Gasteiger partial charge on any atom is -0.336 e. The molecule has 2 rings (SSSR count). The van der Waals surface area contributed by atoms with Gasteiger partial charge in [-0.1, -0.05) is 13.0 Å². The first-order valence-electron chi connectivity index (χ1n) is 6.50. The number of hydrogen-bond donors (Lipinski definition) is 1. The zero-order chi connectivity index (χ0) is 14.0. The number of nitrogens with one attached hydrogen (secondary N) is 1. The minimum absolute atomic E-state index is 0.162. The van der Waals surface area contributed by atoms with E-state index in [0.717, 1.165) is 23.4 Å². The van der Waals surface area contributed by atoms with Crippen LogP contribution in [0.1, 0.15) is 35.3 Å². The molecule has 0 radical (unpaired) electrons. The first-order chi connectivity index (χ1) is 9.04. The van der Waals surface area contributed by atoms with Crippen LogP contribution < -0.4 is 5.32 Å². The summed E-state index contributed by atoms with van der Waals surface area (Å²) in [6.07, 6.45) is 3.52. The molecule has 0 amide bonds. The molecule has 0 aliphatic heterocycles. The molecule has 0 spiro atoms. The molecule has 1 aromatic carbocycles. The van der Waals surface area contributed by atoms with Crippen LogP contribution in [0, 0.1) is 19.7 Å². The second kappa shape index (κ2) is 5.53. The molecule has 1 heterocycles. The molecule has 0 bridgehead atoms. The number of aromatic nitrogens is 2. The molecule has 4 heteroatoms. The molecule has 0 saturated carbocycles. The molecule has 3 nitrogen and oxygen atoms in total. The monoisotopic (exact) mass is 261 g/mol. The van der Waals surface area contributed by atoms with Gasteiger partial charge < -0.3 is 9.88 Å². The molecule has 0 fully saturated rings. The molecule has 1 N–H and O–H groups in total. The molecule has 1 atom stereocenters. The third kappa shape index (κ3) is 2.68. The minimum atomic E-state index is -0.168. The van der Waals surface area contributed by atoms with E-state index in [0.29, 0.717) is 5.56 Å². The summed E-state index contributed by atoms with van der Waals surface area (Å²) >= 11 is 0. The lowest BCUT2D eigenvalue weighted by atomic mass is 9.96. The van der Waals surface area contributed by atoms with Crippen LogP contribution in [0.2, 0.25) is 0 Å². The average molecular weight is 261 g/mol. The summed E-state index contributed by atoms with van der Waals surface area (Å²) in [6.45, 7) is 6.64. The Morgan fingerprint density at radius 2 is 2.11 bits per heavy atom. The van der Waals surface area contributed by atoms with Crippen LogP contribution in [0.4, 0.5) is 4.39 Å². The van der Waals surface area contributed by atoms with Gasteiger partial charge in [-0.2, -0.15) is 0 Å². The Labute approximate surface area is 113 Å². The molecule has 1 aromatic heterocycles. The lowest BCUT2D eigenvalue weighted by Crippen LogP contribution is -2.25. The molecule has 19 heavy (non-hydrogen) atoms. The lowest BCUT2D eigenvalue weighted by Gasteiger charge is -2.22. The van der Waals surface area contributed by atoms with Crippen LogP contribution >= 0.6 is 0 Å². The normalized spacial score (nSPS) is 12.7. The predicted octanol–water partition coefficient (Wildman–Crippen LogP) is 2.87.